The van der Waals surface area contributed by atoms with Crippen molar-refractivity contribution in [3.05, 3.63) is 11.9 Å². The van der Waals surface area contributed by atoms with Crippen molar-refractivity contribution in [3.8, 4) is 0 Å². The van der Waals surface area contributed by atoms with E-state index in [1.54, 1.807) is 10.9 Å². The maximum Gasteiger partial charge on any atom is 0.407 e. The second-order valence-corrected chi connectivity index (χ2v) is 3.70. The van der Waals surface area contributed by atoms with E-state index in [1.807, 2.05) is 6.92 Å². The van der Waals surface area contributed by atoms with E-state index in [1.165, 1.54) is 0 Å². The second kappa shape index (κ2) is 4.48. The van der Waals surface area contributed by atoms with Gasteiger partial charge in [0.25, 0.3) is 0 Å². The van der Waals surface area contributed by atoms with Crippen LogP contribution in [0.25, 0.3) is 0 Å². The van der Waals surface area contributed by atoms with Gasteiger partial charge >= 0.3 is 6.09 Å². The number of carbonyl (C=O) groups is 1. The number of aliphatic hydroxyl groups excluding tert-OH is 1. The van der Waals surface area contributed by atoms with E-state index < -0.39 is 12.2 Å². The number of nitrogens with zero attached hydrogens (tertiary/aromatic N) is 3. The zero-order valence-corrected chi connectivity index (χ0v) is 8.96. The van der Waals surface area contributed by atoms with Crippen LogP contribution in [-0.2, 0) is 11.3 Å². The average molecular weight is 226 g/mol. The van der Waals surface area contributed by atoms with E-state index in [0.717, 1.165) is 0 Å². The van der Waals surface area contributed by atoms with E-state index in [2.05, 4.69) is 15.6 Å². The summed E-state index contributed by atoms with van der Waals surface area (Å²) >= 11 is 0. The van der Waals surface area contributed by atoms with Gasteiger partial charge in [-0.15, -0.1) is 5.10 Å². The molecule has 2 atom stereocenters. The number of ether oxygens (including phenoxy) is 1. The Bertz CT molecular complexity index is 379. The third-order valence-corrected chi connectivity index (χ3v) is 2.42. The molecule has 1 fully saturated rings. The van der Waals surface area contributed by atoms with Crippen LogP contribution in [0.1, 0.15) is 25.1 Å². The van der Waals surface area contributed by atoms with E-state index in [-0.39, 0.29) is 6.10 Å². The molecule has 2 rings (SSSR count). The quantitative estimate of drug-likeness (QED) is 0.744. The highest BCUT2D eigenvalue weighted by atomic mass is 16.6. The summed E-state index contributed by atoms with van der Waals surface area (Å²) < 4.78 is 6.53. The van der Waals surface area contributed by atoms with Gasteiger partial charge in [-0.25, -0.2) is 9.48 Å². The number of aromatic nitrogens is 3. The number of alkyl carbamates (subject to hydrolysis) is 1. The van der Waals surface area contributed by atoms with Crippen LogP contribution in [-0.4, -0.2) is 38.8 Å². The monoisotopic (exact) mass is 226 g/mol. The molecule has 2 unspecified atom stereocenters. The number of cyclic esters (lactones) is 1. The van der Waals surface area contributed by atoms with Gasteiger partial charge in [0.15, 0.2) is 0 Å². The highest BCUT2D eigenvalue weighted by Gasteiger charge is 2.23. The summed E-state index contributed by atoms with van der Waals surface area (Å²) in [5, 5.41) is 19.8. The predicted octanol–water partition coefficient (Wildman–Crippen LogP) is -0.170. The fourth-order valence-electron chi connectivity index (χ4n) is 1.51. The number of amides is 1. The molecule has 0 spiro atoms. The van der Waals surface area contributed by atoms with Gasteiger partial charge in [-0.3, -0.25) is 0 Å². The Morgan fingerprint density at radius 2 is 2.62 bits per heavy atom. The fraction of sp³-hybridized carbons (Fsp3) is 0.667. The van der Waals surface area contributed by atoms with E-state index in [0.29, 0.717) is 25.2 Å². The third kappa shape index (κ3) is 2.30. The minimum atomic E-state index is -0.585. The molecule has 2 heterocycles. The number of rotatable bonds is 4. The summed E-state index contributed by atoms with van der Waals surface area (Å²) in [5.74, 6) is 0. The molecule has 1 saturated heterocycles. The highest BCUT2D eigenvalue weighted by Crippen LogP contribution is 2.12. The first-order chi connectivity index (χ1) is 7.69. The van der Waals surface area contributed by atoms with E-state index in [4.69, 9.17) is 4.74 Å². The lowest BCUT2D eigenvalue weighted by atomic mass is 10.2. The van der Waals surface area contributed by atoms with Crippen molar-refractivity contribution in [2.75, 3.05) is 6.54 Å². The second-order valence-electron chi connectivity index (χ2n) is 3.70. The van der Waals surface area contributed by atoms with Crippen molar-refractivity contribution in [2.24, 2.45) is 0 Å². The van der Waals surface area contributed by atoms with Crippen molar-refractivity contribution in [1.82, 2.24) is 20.3 Å². The Morgan fingerprint density at radius 1 is 1.81 bits per heavy atom. The van der Waals surface area contributed by atoms with Crippen molar-refractivity contribution < 1.29 is 14.6 Å². The average Bonchev–Trinajstić information content (AvgIpc) is 2.87. The van der Waals surface area contributed by atoms with Gasteiger partial charge in [-0.1, -0.05) is 12.1 Å². The smallest absolute Gasteiger partial charge is 0.407 e. The molecular formula is C9H14N4O3. The Morgan fingerprint density at radius 3 is 3.25 bits per heavy atom. The molecule has 0 aliphatic carbocycles. The van der Waals surface area contributed by atoms with Crippen molar-refractivity contribution >= 4 is 6.09 Å². The first-order valence-electron chi connectivity index (χ1n) is 5.21. The molecule has 1 amide bonds. The van der Waals surface area contributed by atoms with Crippen LogP contribution in [0.5, 0.6) is 0 Å². The Kier molecular flexibility index (Phi) is 3.04. The van der Waals surface area contributed by atoms with Gasteiger partial charge in [0, 0.05) is 0 Å². The Labute approximate surface area is 92.4 Å². The predicted molar refractivity (Wildman–Crippen MR) is 53.5 cm³/mol. The maximum absolute atomic E-state index is 10.8. The zero-order valence-electron chi connectivity index (χ0n) is 8.96. The standard InChI is InChI=1S/C9H14N4O3/c1-2-8(14)7-5-13(12-11-7)4-6-3-10-9(15)16-6/h5-6,8,14H,2-4H2,1H3,(H,10,15). The molecule has 1 aromatic heterocycles. The van der Waals surface area contributed by atoms with Crippen LogP contribution in [0.4, 0.5) is 4.79 Å². The molecule has 0 bridgehead atoms. The van der Waals surface area contributed by atoms with Crippen LogP contribution >= 0.6 is 0 Å². The number of nitrogens with one attached hydrogen (secondary N) is 1. The van der Waals surface area contributed by atoms with E-state index >= 15 is 0 Å². The lowest BCUT2D eigenvalue weighted by molar-refractivity contribution is 0.128. The molecule has 16 heavy (non-hydrogen) atoms. The number of aliphatic hydroxyl groups is 1. The van der Waals surface area contributed by atoms with Crippen molar-refractivity contribution in [3.63, 3.8) is 0 Å². The largest absolute Gasteiger partial charge is 0.442 e. The summed E-state index contributed by atoms with van der Waals surface area (Å²) in [6, 6.07) is 0. The molecule has 7 heteroatoms. The third-order valence-electron chi connectivity index (χ3n) is 2.42. The minimum absolute atomic E-state index is 0.221. The Hall–Kier alpha value is -1.63. The molecular weight excluding hydrogens is 212 g/mol. The summed E-state index contributed by atoms with van der Waals surface area (Å²) in [4.78, 5) is 10.8. The summed E-state index contributed by atoms with van der Waals surface area (Å²) in [6.07, 6.45) is 1.05. The lowest BCUT2D eigenvalue weighted by Gasteiger charge is -2.06. The molecule has 1 aliphatic rings. The highest BCUT2D eigenvalue weighted by molar-refractivity contribution is 5.69. The topological polar surface area (TPSA) is 89.3 Å². The normalized spacial score (nSPS) is 21.6. The molecule has 0 aromatic carbocycles. The first kappa shape index (κ1) is 10.9. The van der Waals surface area contributed by atoms with Crippen LogP contribution in [0.15, 0.2) is 6.20 Å². The van der Waals surface area contributed by atoms with Crippen LogP contribution < -0.4 is 5.32 Å². The maximum atomic E-state index is 10.8. The van der Waals surface area contributed by atoms with Gasteiger partial charge < -0.3 is 15.2 Å². The summed E-state index contributed by atoms with van der Waals surface area (Å²) in [6.45, 7) is 2.79. The summed E-state index contributed by atoms with van der Waals surface area (Å²) in [5.41, 5.74) is 0.541. The fourth-order valence-corrected chi connectivity index (χ4v) is 1.51. The number of carbonyl (C=O) groups excluding carboxylic acids is 1. The molecule has 0 saturated carbocycles. The number of hydrogen-bond acceptors (Lipinski definition) is 5. The minimum Gasteiger partial charge on any atom is -0.442 e. The number of hydrogen-bond donors (Lipinski definition) is 2. The molecule has 7 nitrogen and oxygen atoms in total. The van der Waals surface area contributed by atoms with Gasteiger partial charge in [-0.2, -0.15) is 0 Å². The summed E-state index contributed by atoms with van der Waals surface area (Å²) in [7, 11) is 0. The van der Waals surface area contributed by atoms with Crippen molar-refractivity contribution in [2.45, 2.75) is 32.1 Å². The van der Waals surface area contributed by atoms with E-state index in [9.17, 15) is 9.90 Å². The van der Waals surface area contributed by atoms with Gasteiger partial charge in [0.2, 0.25) is 0 Å². The van der Waals surface area contributed by atoms with Gasteiger partial charge in [0.05, 0.1) is 25.4 Å². The van der Waals surface area contributed by atoms with Gasteiger partial charge in [-0.05, 0) is 6.42 Å². The van der Waals surface area contributed by atoms with Crippen LogP contribution in [0, 0.1) is 0 Å². The molecule has 88 valence electrons. The molecule has 2 N–H and O–H groups in total. The Balaban J connectivity index is 1.95. The first-order valence-corrected chi connectivity index (χ1v) is 5.21. The molecule has 0 radical (unpaired) electrons. The van der Waals surface area contributed by atoms with Crippen molar-refractivity contribution in [1.29, 1.82) is 0 Å². The lowest BCUT2D eigenvalue weighted by Crippen LogP contribution is -2.20. The SMILES string of the molecule is CCC(O)c1cn(CC2CNC(=O)O2)nn1. The zero-order chi connectivity index (χ0) is 11.5. The van der Waals surface area contributed by atoms with Crippen LogP contribution in [0.3, 0.4) is 0 Å². The molecule has 1 aliphatic heterocycles. The van der Waals surface area contributed by atoms with Crippen LogP contribution in [0.2, 0.25) is 0 Å². The van der Waals surface area contributed by atoms with Gasteiger partial charge in [0.1, 0.15) is 11.8 Å². The molecule has 1 aromatic rings.